The van der Waals surface area contributed by atoms with Crippen molar-refractivity contribution in [1.82, 2.24) is 5.32 Å². The molecule has 1 N–H and O–H groups in total. The molecule has 30 heavy (non-hydrogen) atoms. The van der Waals surface area contributed by atoms with Gasteiger partial charge in [0, 0.05) is 11.7 Å². The molecule has 3 rings (SSSR count). The first-order valence-corrected chi connectivity index (χ1v) is 10.5. The molecule has 0 saturated heterocycles. The predicted octanol–water partition coefficient (Wildman–Crippen LogP) is 3.76. The van der Waals surface area contributed by atoms with E-state index >= 15 is 0 Å². The van der Waals surface area contributed by atoms with E-state index < -0.39 is 23.7 Å². The van der Waals surface area contributed by atoms with Crippen LogP contribution in [-0.4, -0.2) is 25.6 Å². The molecular weight excluding hydrogens is 400 g/mol. The molecule has 2 unspecified atom stereocenters. The Morgan fingerprint density at radius 3 is 2.47 bits per heavy atom. The van der Waals surface area contributed by atoms with Crippen LogP contribution in [0.4, 0.5) is 0 Å². The maximum atomic E-state index is 12.8. The first-order chi connectivity index (χ1) is 14.6. The maximum Gasteiger partial charge on any atom is 0.319 e. The number of ether oxygens (including phenoxy) is 2. The standard InChI is InChI=1S/C23H22N2O4S/c1-3-29-17-11-9-16(10-12-17)19-18(13-24)22(25-21(26)20(19)23(27)28-2)30-14-15-7-5-4-6-8-15/h4-12,19-20H,3,14H2,1-2H3,(H,25,26). The molecule has 0 radical (unpaired) electrons. The van der Waals surface area contributed by atoms with Gasteiger partial charge in [0.05, 0.1) is 30.4 Å². The van der Waals surface area contributed by atoms with Crippen LogP contribution in [0.5, 0.6) is 5.75 Å². The molecule has 1 aliphatic rings. The number of allylic oxidation sites excluding steroid dienone is 1. The minimum absolute atomic E-state index is 0.343. The molecule has 0 spiro atoms. The Morgan fingerprint density at radius 1 is 1.17 bits per heavy atom. The molecule has 0 fully saturated rings. The summed E-state index contributed by atoms with van der Waals surface area (Å²) in [5.41, 5.74) is 2.09. The molecule has 7 heteroatoms. The molecule has 0 saturated carbocycles. The second kappa shape index (κ2) is 9.99. The van der Waals surface area contributed by atoms with E-state index in [2.05, 4.69) is 11.4 Å². The molecule has 2 aromatic carbocycles. The Morgan fingerprint density at radius 2 is 1.87 bits per heavy atom. The highest BCUT2D eigenvalue weighted by atomic mass is 32.2. The second-order valence-corrected chi connectivity index (χ2v) is 7.58. The van der Waals surface area contributed by atoms with E-state index in [4.69, 9.17) is 9.47 Å². The fourth-order valence-electron chi connectivity index (χ4n) is 3.35. The Bertz CT molecular complexity index is 981. The molecule has 2 aromatic rings. The average molecular weight is 423 g/mol. The van der Waals surface area contributed by atoms with Gasteiger partial charge in [0.25, 0.3) is 0 Å². The number of amides is 1. The summed E-state index contributed by atoms with van der Waals surface area (Å²) in [5, 5.41) is 13.1. The van der Waals surface area contributed by atoms with Gasteiger partial charge in [0.15, 0.2) is 0 Å². The number of esters is 1. The van der Waals surface area contributed by atoms with E-state index in [0.717, 1.165) is 5.56 Å². The third-order valence-electron chi connectivity index (χ3n) is 4.76. The van der Waals surface area contributed by atoms with Crippen molar-refractivity contribution in [2.75, 3.05) is 13.7 Å². The number of methoxy groups -OCH3 is 1. The van der Waals surface area contributed by atoms with E-state index in [9.17, 15) is 14.9 Å². The first kappa shape index (κ1) is 21.5. The van der Waals surface area contributed by atoms with Gasteiger partial charge in [0.1, 0.15) is 11.7 Å². The zero-order valence-corrected chi connectivity index (χ0v) is 17.6. The van der Waals surface area contributed by atoms with Gasteiger partial charge in [-0.1, -0.05) is 42.5 Å². The number of thioether (sulfide) groups is 1. The summed E-state index contributed by atoms with van der Waals surface area (Å²) in [6.07, 6.45) is 0. The zero-order chi connectivity index (χ0) is 21.5. The van der Waals surface area contributed by atoms with Crippen LogP contribution in [0.15, 0.2) is 65.2 Å². The molecule has 1 heterocycles. The van der Waals surface area contributed by atoms with E-state index in [0.29, 0.717) is 34.3 Å². The van der Waals surface area contributed by atoms with Crippen molar-refractivity contribution >= 4 is 23.6 Å². The SMILES string of the molecule is CCOc1ccc(C2C(C#N)=C(SCc3ccccc3)NC(=O)C2C(=O)OC)cc1. The second-order valence-electron chi connectivity index (χ2n) is 6.60. The van der Waals surface area contributed by atoms with Crippen LogP contribution in [0.2, 0.25) is 0 Å². The van der Waals surface area contributed by atoms with Crippen molar-refractivity contribution in [2.45, 2.75) is 18.6 Å². The lowest BCUT2D eigenvalue weighted by Crippen LogP contribution is -2.44. The molecular formula is C23H22N2O4S. The number of hydrogen-bond acceptors (Lipinski definition) is 6. The van der Waals surface area contributed by atoms with Crippen molar-refractivity contribution in [3.05, 3.63) is 76.3 Å². The predicted molar refractivity (Wildman–Crippen MR) is 114 cm³/mol. The molecule has 6 nitrogen and oxygen atoms in total. The van der Waals surface area contributed by atoms with Crippen LogP contribution < -0.4 is 10.1 Å². The molecule has 154 valence electrons. The van der Waals surface area contributed by atoms with Crippen LogP contribution in [0.1, 0.15) is 24.0 Å². The quantitative estimate of drug-likeness (QED) is 0.540. The molecule has 0 aromatic heterocycles. The molecule has 0 aliphatic carbocycles. The van der Waals surface area contributed by atoms with Crippen molar-refractivity contribution in [3.63, 3.8) is 0 Å². The minimum Gasteiger partial charge on any atom is -0.494 e. The molecule has 1 amide bonds. The minimum atomic E-state index is -1.14. The lowest BCUT2D eigenvalue weighted by Gasteiger charge is -2.31. The number of carbonyl (C=O) groups excluding carboxylic acids is 2. The van der Waals surface area contributed by atoms with Crippen LogP contribution in [0, 0.1) is 17.2 Å². The summed E-state index contributed by atoms with van der Waals surface area (Å²) in [6, 6.07) is 19.1. The lowest BCUT2D eigenvalue weighted by atomic mass is 9.78. The van der Waals surface area contributed by atoms with Gasteiger partial charge >= 0.3 is 5.97 Å². The molecule has 1 aliphatic heterocycles. The van der Waals surface area contributed by atoms with Crippen molar-refractivity contribution < 1.29 is 19.1 Å². The number of rotatable bonds is 7. The molecule has 0 bridgehead atoms. The Labute approximate surface area is 179 Å². The van der Waals surface area contributed by atoms with E-state index in [1.807, 2.05) is 37.3 Å². The van der Waals surface area contributed by atoms with Gasteiger partial charge in [-0.05, 0) is 30.2 Å². The number of benzene rings is 2. The average Bonchev–Trinajstić information content (AvgIpc) is 2.78. The van der Waals surface area contributed by atoms with Crippen molar-refractivity contribution in [2.24, 2.45) is 5.92 Å². The number of nitriles is 1. The zero-order valence-electron chi connectivity index (χ0n) is 16.8. The summed E-state index contributed by atoms with van der Waals surface area (Å²) in [5.74, 6) is -1.76. The van der Waals surface area contributed by atoms with Gasteiger partial charge in [-0.3, -0.25) is 9.59 Å². The topological polar surface area (TPSA) is 88.4 Å². The Kier molecular flexibility index (Phi) is 7.15. The fourth-order valence-corrected chi connectivity index (χ4v) is 4.35. The number of nitrogens with one attached hydrogen (secondary N) is 1. The first-order valence-electron chi connectivity index (χ1n) is 9.51. The van der Waals surface area contributed by atoms with Gasteiger partial charge in [-0.2, -0.15) is 5.26 Å². The summed E-state index contributed by atoms with van der Waals surface area (Å²) >= 11 is 1.37. The van der Waals surface area contributed by atoms with Crippen molar-refractivity contribution in [1.29, 1.82) is 5.26 Å². The van der Waals surface area contributed by atoms with Crippen LogP contribution in [0.25, 0.3) is 0 Å². The van der Waals surface area contributed by atoms with Crippen LogP contribution in [-0.2, 0) is 20.1 Å². The smallest absolute Gasteiger partial charge is 0.319 e. The van der Waals surface area contributed by atoms with Gasteiger partial charge in [-0.15, -0.1) is 11.8 Å². The van der Waals surface area contributed by atoms with Gasteiger partial charge < -0.3 is 14.8 Å². The highest BCUT2D eigenvalue weighted by Gasteiger charge is 2.44. The van der Waals surface area contributed by atoms with E-state index in [1.165, 1.54) is 18.9 Å². The van der Waals surface area contributed by atoms with Crippen LogP contribution >= 0.6 is 11.8 Å². The summed E-state index contributed by atoms with van der Waals surface area (Å²) in [6.45, 7) is 2.42. The number of carbonyl (C=O) groups is 2. The summed E-state index contributed by atoms with van der Waals surface area (Å²) in [7, 11) is 1.24. The van der Waals surface area contributed by atoms with Gasteiger partial charge in [-0.25, -0.2) is 0 Å². The van der Waals surface area contributed by atoms with Crippen molar-refractivity contribution in [3.8, 4) is 11.8 Å². The summed E-state index contributed by atoms with van der Waals surface area (Å²) in [4.78, 5) is 25.3. The largest absolute Gasteiger partial charge is 0.494 e. The van der Waals surface area contributed by atoms with E-state index in [-0.39, 0.29) is 0 Å². The van der Waals surface area contributed by atoms with E-state index in [1.54, 1.807) is 24.3 Å². The lowest BCUT2D eigenvalue weighted by molar-refractivity contribution is -0.150. The number of nitrogens with zero attached hydrogens (tertiary/aromatic N) is 1. The van der Waals surface area contributed by atoms with Gasteiger partial charge in [0.2, 0.25) is 5.91 Å². The maximum absolute atomic E-state index is 12.8. The summed E-state index contributed by atoms with van der Waals surface area (Å²) < 4.78 is 10.3. The number of hydrogen-bond donors (Lipinski definition) is 1. The third-order valence-corrected chi connectivity index (χ3v) is 5.85. The normalized spacial score (nSPS) is 18.4. The Balaban J connectivity index is 2.00. The Hall–Kier alpha value is -3.24. The van der Waals surface area contributed by atoms with Crippen LogP contribution in [0.3, 0.4) is 0 Å². The highest BCUT2D eigenvalue weighted by Crippen LogP contribution is 2.41. The fraction of sp³-hybridized carbons (Fsp3) is 0.261. The molecule has 2 atom stereocenters. The highest BCUT2D eigenvalue weighted by molar-refractivity contribution is 8.02. The monoisotopic (exact) mass is 422 g/mol. The third kappa shape index (κ3) is 4.66.